The molecule has 17 heavy (non-hydrogen) atoms. The summed E-state index contributed by atoms with van der Waals surface area (Å²) in [5.74, 6) is 0.913. The van der Waals surface area contributed by atoms with Gasteiger partial charge in [0.25, 0.3) is 0 Å². The molecule has 1 saturated heterocycles. The molecule has 0 bridgehead atoms. The van der Waals surface area contributed by atoms with Gasteiger partial charge in [-0.3, -0.25) is 0 Å². The van der Waals surface area contributed by atoms with Crippen molar-refractivity contribution in [1.29, 1.82) is 0 Å². The van der Waals surface area contributed by atoms with Gasteiger partial charge in [-0.05, 0) is 69.4 Å². The average Bonchev–Trinajstić information content (AvgIpc) is 2.33. The third kappa shape index (κ3) is 4.59. The number of piperidine rings is 1. The van der Waals surface area contributed by atoms with Crippen LogP contribution in [-0.2, 0) is 4.74 Å². The van der Waals surface area contributed by atoms with Crippen molar-refractivity contribution in [3.63, 3.8) is 0 Å². The second-order valence-electron chi connectivity index (χ2n) is 6.72. The van der Waals surface area contributed by atoms with Gasteiger partial charge >= 0.3 is 0 Å². The van der Waals surface area contributed by atoms with E-state index in [0.29, 0.717) is 11.5 Å². The maximum atomic E-state index is 6.06. The highest BCUT2D eigenvalue weighted by Gasteiger charge is 2.27. The molecule has 0 aromatic rings. The van der Waals surface area contributed by atoms with Crippen molar-refractivity contribution in [2.24, 2.45) is 11.3 Å². The monoisotopic (exact) mass is 239 g/mol. The fourth-order valence-electron chi connectivity index (χ4n) is 3.11. The van der Waals surface area contributed by atoms with Crippen molar-refractivity contribution in [3.05, 3.63) is 0 Å². The fraction of sp³-hybridized carbons (Fsp3) is 1.00. The highest BCUT2D eigenvalue weighted by molar-refractivity contribution is 4.79. The molecular weight excluding hydrogens is 210 g/mol. The number of ether oxygens (including phenoxy) is 1. The van der Waals surface area contributed by atoms with Crippen LogP contribution in [0.25, 0.3) is 0 Å². The first-order valence-corrected chi connectivity index (χ1v) is 7.48. The predicted molar refractivity (Wildman–Crippen MR) is 72.2 cm³/mol. The van der Waals surface area contributed by atoms with Gasteiger partial charge in [0, 0.05) is 6.61 Å². The minimum absolute atomic E-state index is 0.560. The van der Waals surface area contributed by atoms with Crippen LogP contribution in [-0.4, -0.2) is 25.8 Å². The number of nitrogens with one attached hydrogen (secondary N) is 1. The average molecular weight is 239 g/mol. The lowest BCUT2D eigenvalue weighted by Gasteiger charge is -2.34. The maximum Gasteiger partial charge on any atom is 0.0575 e. The molecule has 1 aliphatic carbocycles. The van der Waals surface area contributed by atoms with Crippen LogP contribution in [0, 0.1) is 11.3 Å². The summed E-state index contributed by atoms with van der Waals surface area (Å²) in [6.45, 7) is 8.19. The summed E-state index contributed by atoms with van der Waals surface area (Å²) in [6.07, 6.45) is 9.77. The molecule has 0 amide bonds. The van der Waals surface area contributed by atoms with E-state index in [-0.39, 0.29) is 0 Å². The summed E-state index contributed by atoms with van der Waals surface area (Å²) in [6, 6.07) is 0. The van der Waals surface area contributed by atoms with E-state index in [1.807, 2.05) is 0 Å². The van der Waals surface area contributed by atoms with Crippen LogP contribution in [0.1, 0.15) is 58.8 Å². The molecule has 0 aromatic carbocycles. The van der Waals surface area contributed by atoms with Gasteiger partial charge in [0.1, 0.15) is 0 Å². The Morgan fingerprint density at radius 2 is 1.71 bits per heavy atom. The molecule has 2 fully saturated rings. The highest BCUT2D eigenvalue weighted by Crippen LogP contribution is 2.36. The Morgan fingerprint density at radius 3 is 2.35 bits per heavy atom. The Hall–Kier alpha value is -0.0800. The van der Waals surface area contributed by atoms with Crippen LogP contribution in [0.2, 0.25) is 0 Å². The third-order valence-electron chi connectivity index (χ3n) is 4.62. The van der Waals surface area contributed by atoms with Crippen LogP contribution in [0.15, 0.2) is 0 Å². The lowest BCUT2D eigenvalue weighted by Crippen LogP contribution is -2.30. The van der Waals surface area contributed by atoms with Crippen LogP contribution >= 0.6 is 0 Å². The van der Waals surface area contributed by atoms with Gasteiger partial charge in [0.15, 0.2) is 0 Å². The van der Waals surface area contributed by atoms with E-state index in [9.17, 15) is 0 Å². The van der Waals surface area contributed by atoms with E-state index in [4.69, 9.17) is 4.74 Å². The first-order valence-electron chi connectivity index (χ1n) is 7.48. The topological polar surface area (TPSA) is 21.3 Å². The molecular formula is C15H29NO. The molecule has 0 aromatic heterocycles. The molecule has 100 valence electrons. The zero-order valence-electron chi connectivity index (χ0n) is 11.6. The van der Waals surface area contributed by atoms with Crippen molar-refractivity contribution in [2.45, 2.75) is 64.9 Å². The van der Waals surface area contributed by atoms with Crippen LogP contribution in [0.4, 0.5) is 0 Å². The minimum atomic E-state index is 0.560. The lowest BCUT2D eigenvalue weighted by molar-refractivity contribution is -0.00234. The Labute approximate surface area is 107 Å². The second kappa shape index (κ2) is 6.19. The molecule has 1 aliphatic heterocycles. The minimum Gasteiger partial charge on any atom is -0.378 e. The van der Waals surface area contributed by atoms with Crippen LogP contribution < -0.4 is 5.32 Å². The fourth-order valence-corrected chi connectivity index (χ4v) is 3.11. The van der Waals surface area contributed by atoms with Gasteiger partial charge in [-0.15, -0.1) is 0 Å². The van der Waals surface area contributed by atoms with Crippen molar-refractivity contribution >= 4 is 0 Å². The molecule has 2 heteroatoms. The Kier molecular flexibility index (Phi) is 4.87. The van der Waals surface area contributed by atoms with Gasteiger partial charge in [0.2, 0.25) is 0 Å². The number of hydrogen-bond donors (Lipinski definition) is 1. The van der Waals surface area contributed by atoms with Gasteiger partial charge < -0.3 is 10.1 Å². The lowest BCUT2D eigenvalue weighted by atomic mass is 9.76. The molecule has 2 nitrogen and oxygen atoms in total. The van der Waals surface area contributed by atoms with Crippen molar-refractivity contribution in [3.8, 4) is 0 Å². The summed E-state index contributed by atoms with van der Waals surface area (Å²) in [4.78, 5) is 0. The van der Waals surface area contributed by atoms with E-state index < -0.39 is 0 Å². The SMILES string of the molecule is CC1(C)CCC(OCCC2CCNCC2)CC1. The zero-order valence-corrected chi connectivity index (χ0v) is 11.6. The summed E-state index contributed by atoms with van der Waals surface area (Å²) in [5.41, 5.74) is 0.564. The van der Waals surface area contributed by atoms with Crippen LogP contribution in [0.3, 0.4) is 0 Å². The van der Waals surface area contributed by atoms with Gasteiger partial charge in [-0.1, -0.05) is 13.8 Å². The zero-order chi connectivity index (χ0) is 12.1. The van der Waals surface area contributed by atoms with Crippen molar-refractivity contribution in [1.82, 2.24) is 5.32 Å². The summed E-state index contributed by atoms with van der Waals surface area (Å²) < 4.78 is 6.06. The van der Waals surface area contributed by atoms with Gasteiger partial charge in [-0.2, -0.15) is 0 Å². The smallest absolute Gasteiger partial charge is 0.0575 e. The second-order valence-corrected chi connectivity index (χ2v) is 6.72. The van der Waals surface area contributed by atoms with E-state index in [1.165, 1.54) is 58.0 Å². The Bertz CT molecular complexity index is 211. The molecule has 2 rings (SSSR count). The van der Waals surface area contributed by atoms with Gasteiger partial charge in [-0.25, -0.2) is 0 Å². The van der Waals surface area contributed by atoms with E-state index in [0.717, 1.165) is 12.5 Å². The number of rotatable bonds is 4. The normalized spacial score (nSPS) is 27.2. The molecule has 2 aliphatic rings. The quantitative estimate of drug-likeness (QED) is 0.812. The predicted octanol–water partition coefficient (Wildman–Crippen LogP) is 3.36. The van der Waals surface area contributed by atoms with Crippen molar-refractivity contribution < 1.29 is 4.74 Å². The maximum absolute atomic E-state index is 6.06. The third-order valence-corrected chi connectivity index (χ3v) is 4.62. The first kappa shape index (κ1) is 13.4. The first-order chi connectivity index (χ1) is 8.16. The Balaban J connectivity index is 1.56. The Morgan fingerprint density at radius 1 is 1.06 bits per heavy atom. The standard InChI is InChI=1S/C15H29NO/c1-15(2)8-3-14(4-9-15)17-12-7-13-5-10-16-11-6-13/h13-14,16H,3-12H2,1-2H3. The largest absolute Gasteiger partial charge is 0.378 e. The van der Waals surface area contributed by atoms with E-state index in [1.54, 1.807) is 0 Å². The molecule has 0 radical (unpaired) electrons. The van der Waals surface area contributed by atoms with E-state index in [2.05, 4.69) is 19.2 Å². The summed E-state index contributed by atoms with van der Waals surface area (Å²) in [5, 5.41) is 3.42. The van der Waals surface area contributed by atoms with Crippen molar-refractivity contribution in [2.75, 3.05) is 19.7 Å². The van der Waals surface area contributed by atoms with E-state index >= 15 is 0 Å². The molecule has 0 spiro atoms. The summed E-state index contributed by atoms with van der Waals surface area (Å²) in [7, 11) is 0. The summed E-state index contributed by atoms with van der Waals surface area (Å²) >= 11 is 0. The molecule has 0 unspecified atom stereocenters. The highest BCUT2D eigenvalue weighted by atomic mass is 16.5. The molecule has 1 N–H and O–H groups in total. The number of hydrogen-bond acceptors (Lipinski definition) is 2. The van der Waals surface area contributed by atoms with Crippen LogP contribution in [0.5, 0.6) is 0 Å². The molecule has 1 heterocycles. The molecule has 0 atom stereocenters. The molecule has 1 saturated carbocycles. The van der Waals surface area contributed by atoms with Gasteiger partial charge in [0.05, 0.1) is 6.10 Å².